The fourth-order valence-corrected chi connectivity index (χ4v) is 2.11. The van der Waals surface area contributed by atoms with Crippen molar-refractivity contribution >= 4 is 5.88 Å². The zero-order valence-electron chi connectivity index (χ0n) is 11.9. The van der Waals surface area contributed by atoms with Gasteiger partial charge < -0.3 is 15.0 Å². The molecule has 4 heteroatoms. The molecule has 2 N–H and O–H groups in total. The zero-order valence-corrected chi connectivity index (χ0v) is 11.9. The number of methoxy groups -OCH3 is 1. The average molecular weight is 260 g/mol. The third-order valence-corrected chi connectivity index (χ3v) is 3.52. The third kappa shape index (κ3) is 2.43. The number of ether oxygens (including phenoxy) is 1. The number of nitrogens with zero attached hydrogens (tertiary/aromatic N) is 1. The SMILES string of the molecule is CCC(C)c1noc(N)c1-c1ccc(C)c(OC)c1. The molecule has 0 aliphatic carbocycles. The Morgan fingerprint density at radius 2 is 2.16 bits per heavy atom. The van der Waals surface area contributed by atoms with Gasteiger partial charge in [0.2, 0.25) is 5.88 Å². The van der Waals surface area contributed by atoms with Crippen LogP contribution in [0.1, 0.15) is 37.4 Å². The molecule has 0 aliphatic heterocycles. The highest BCUT2D eigenvalue weighted by molar-refractivity contribution is 5.76. The van der Waals surface area contributed by atoms with Gasteiger partial charge in [-0.25, -0.2) is 0 Å². The molecule has 0 saturated heterocycles. The molecule has 1 aromatic carbocycles. The molecule has 2 aromatic rings. The molecule has 0 aliphatic rings. The first-order chi connectivity index (χ1) is 9.08. The van der Waals surface area contributed by atoms with Crippen molar-refractivity contribution in [3.05, 3.63) is 29.5 Å². The predicted molar refractivity (Wildman–Crippen MR) is 76.3 cm³/mol. The highest BCUT2D eigenvalue weighted by Crippen LogP contribution is 2.37. The van der Waals surface area contributed by atoms with E-state index < -0.39 is 0 Å². The maximum Gasteiger partial charge on any atom is 0.230 e. The maximum absolute atomic E-state index is 5.93. The van der Waals surface area contributed by atoms with Crippen LogP contribution in [0.3, 0.4) is 0 Å². The number of nitrogens with two attached hydrogens (primary N) is 1. The minimum atomic E-state index is 0.309. The van der Waals surface area contributed by atoms with Crippen LogP contribution in [0.15, 0.2) is 22.7 Å². The van der Waals surface area contributed by atoms with Crippen LogP contribution in [0.4, 0.5) is 5.88 Å². The van der Waals surface area contributed by atoms with Gasteiger partial charge in [-0.3, -0.25) is 0 Å². The lowest BCUT2D eigenvalue weighted by molar-refractivity contribution is 0.412. The largest absolute Gasteiger partial charge is 0.496 e. The number of aromatic nitrogens is 1. The van der Waals surface area contributed by atoms with E-state index >= 15 is 0 Å². The molecular formula is C15H20N2O2. The van der Waals surface area contributed by atoms with Gasteiger partial charge in [0.1, 0.15) is 5.75 Å². The quantitative estimate of drug-likeness (QED) is 0.909. The summed E-state index contributed by atoms with van der Waals surface area (Å²) in [6.07, 6.45) is 0.988. The predicted octanol–water partition coefficient (Wildman–Crippen LogP) is 3.75. The maximum atomic E-state index is 5.93. The minimum Gasteiger partial charge on any atom is -0.496 e. The molecule has 19 heavy (non-hydrogen) atoms. The molecule has 0 radical (unpaired) electrons. The summed E-state index contributed by atoms with van der Waals surface area (Å²) in [4.78, 5) is 0. The summed E-state index contributed by atoms with van der Waals surface area (Å²) in [7, 11) is 1.67. The molecule has 102 valence electrons. The standard InChI is InChI=1S/C15H20N2O2/c1-5-9(2)14-13(15(16)19-17-14)11-7-6-10(3)12(8-11)18-4/h6-9H,5,16H2,1-4H3. The second-order valence-electron chi connectivity index (χ2n) is 4.80. The van der Waals surface area contributed by atoms with Gasteiger partial charge in [-0.05, 0) is 30.5 Å². The zero-order chi connectivity index (χ0) is 14.0. The molecule has 0 fully saturated rings. The molecule has 1 atom stereocenters. The minimum absolute atomic E-state index is 0.309. The number of aryl methyl sites for hydroxylation is 1. The molecule has 1 aromatic heterocycles. The Labute approximate surface area is 113 Å². The van der Waals surface area contributed by atoms with Gasteiger partial charge in [0.05, 0.1) is 18.4 Å². The van der Waals surface area contributed by atoms with Gasteiger partial charge in [0, 0.05) is 5.92 Å². The molecular weight excluding hydrogens is 240 g/mol. The van der Waals surface area contributed by atoms with E-state index in [-0.39, 0.29) is 0 Å². The summed E-state index contributed by atoms with van der Waals surface area (Å²) in [5.41, 5.74) is 9.79. The summed E-state index contributed by atoms with van der Waals surface area (Å²) in [5.74, 6) is 1.51. The van der Waals surface area contributed by atoms with E-state index in [9.17, 15) is 0 Å². The fraction of sp³-hybridized carbons (Fsp3) is 0.400. The van der Waals surface area contributed by atoms with Gasteiger partial charge in [-0.2, -0.15) is 0 Å². The van der Waals surface area contributed by atoms with Crippen molar-refractivity contribution in [2.24, 2.45) is 0 Å². The van der Waals surface area contributed by atoms with Crippen molar-refractivity contribution in [3.8, 4) is 16.9 Å². The van der Waals surface area contributed by atoms with E-state index in [0.717, 1.165) is 34.6 Å². The molecule has 0 amide bonds. The normalized spacial score (nSPS) is 12.4. The Hall–Kier alpha value is -1.97. The van der Waals surface area contributed by atoms with Crippen LogP contribution in [-0.2, 0) is 0 Å². The first-order valence-corrected chi connectivity index (χ1v) is 6.48. The summed E-state index contributed by atoms with van der Waals surface area (Å²) in [5, 5.41) is 4.10. The molecule has 1 heterocycles. The van der Waals surface area contributed by atoms with E-state index in [2.05, 4.69) is 19.0 Å². The van der Waals surface area contributed by atoms with Crippen molar-refractivity contribution in [1.82, 2.24) is 5.16 Å². The van der Waals surface area contributed by atoms with Gasteiger partial charge in [0.15, 0.2) is 0 Å². The Balaban J connectivity index is 2.55. The Morgan fingerprint density at radius 3 is 2.79 bits per heavy atom. The van der Waals surface area contributed by atoms with Crippen LogP contribution in [0.5, 0.6) is 5.75 Å². The molecule has 0 spiro atoms. The number of rotatable bonds is 4. The molecule has 0 bridgehead atoms. The molecule has 0 saturated carbocycles. The van der Waals surface area contributed by atoms with E-state index in [1.54, 1.807) is 7.11 Å². The fourth-order valence-electron chi connectivity index (χ4n) is 2.11. The van der Waals surface area contributed by atoms with Crippen molar-refractivity contribution in [2.75, 3.05) is 12.8 Å². The van der Waals surface area contributed by atoms with Gasteiger partial charge >= 0.3 is 0 Å². The van der Waals surface area contributed by atoms with Crippen molar-refractivity contribution in [1.29, 1.82) is 0 Å². The first kappa shape index (κ1) is 13.5. The van der Waals surface area contributed by atoms with E-state index in [0.29, 0.717) is 11.8 Å². The lowest BCUT2D eigenvalue weighted by Gasteiger charge is -2.10. The Kier molecular flexibility index (Phi) is 3.79. The third-order valence-electron chi connectivity index (χ3n) is 3.52. The Bertz CT molecular complexity index is 576. The molecule has 4 nitrogen and oxygen atoms in total. The van der Waals surface area contributed by atoms with Crippen molar-refractivity contribution in [2.45, 2.75) is 33.1 Å². The summed E-state index contributed by atoms with van der Waals surface area (Å²) >= 11 is 0. The smallest absolute Gasteiger partial charge is 0.230 e. The summed E-state index contributed by atoms with van der Waals surface area (Å²) in [6, 6.07) is 6.01. The van der Waals surface area contributed by atoms with E-state index in [1.807, 2.05) is 25.1 Å². The molecule has 2 rings (SSSR count). The van der Waals surface area contributed by atoms with Gasteiger partial charge in [-0.15, -0.1) is 0 Å². The van der Waals surface area contributed by atoms with Crippen LogP contribution < -0.4 is 10.5 Å². The summed E-state index contributed by atoms with van der Waals surface area (Å²) < 4.78 is 10.5. The van der Waals surface area contributed by atoms with Crippen molar-refractivity contribution < 1.29 is 9.26 Å². The van der Waals surface area contributed by atoms with Crippen molar-refractivity contribution in [3.63, 3.8) is 0 Å². The first-order valence-electron chi connectivity index (χ1n) is 6.48. The second-order valence-corrected chi connectivity index (χ2v) is 4.80. The average Bonchev–Trinajstić information content (AvgIpc) is 2.80. The number of hydrogen-bond acceptors (Lipinski definition) is 4. The van der Waals surface area contributed by atoms with Crippen LogP contribution in [0.2, 0.25) is 0 Å². The monoisotopic (exact) mass is 260 g/mol. The van der Waals surface area contributed by atoms with Crippen LogP contribution in [0.25, 0.3) is 11.1 Å². The van der Waals surface area contributed by atoms with Crippen LogP contribution in [0, 0.1) is 6.92 Å². The number of anilines is 1. The van der Waals surface area contributed by atoms with Crippen LogP contribution >= 0.6 is 0 Å². The number of nitrogen functional groups attached to an aromatic ring is 1. The van der Waals surface area contributed by atoms with E-state index in [4.69, 9.17) is 15.0 Å². The van der Waals surface area contributed by atoms with Crippen LogP contribution in [-0.4, -0.2) is 12.3 Å². The Morgan fingerprint density at radius 1 is 1.42 bits per heavy atom. The number of benzene rings is 1. The second kappa shape index (κ2) is 5.34. The lowest BCUT2D eigenvalue weighted by atomic mass is 9.95. The van der Waals surface area contributed by atoms with E-state index in [1.165, 1.54) is 0 Å². The molecule has 1 unspecified atom stereocenters. The highest BCUT2D eigenvalue weighted by Gasteiger charge is 2.20. The highest BCUT2D eigenvalue weighted by atomic mass is 16.5. The van der Waals surface area contributed by atoms with Gasteiger partial charge in [0.25, 0.3) is 0 Å². The van der Waals surface area contributed by atoms with Gasteiger partial charge in [-0.1, -0.05) is 31.1 Å². The summed E-state index contributed by atoms with van der Waals surface area (Å²) in [6.45, 7) is 6.25. The number of hydrogen-bond donors (Lipinski definition) is 1. The lowest BCUT2D eigenvalue weighted by Crippen LogP contribution is -1.96. The topological polar surface area (TPSA) is 61.3 Å².